The van der Waals surface area contributed by atoms with Crippen LogP contribution in [0.3, 0.4) is 0 Å². The van der Waals surface area contributed by atoms with E-state index in [-0.39, 0.29) is 11.2 Å². The number of rotatable bonds is 4. The van der Waals surface area contributed by atoms with Gasteiger partial charge in [0.2, 0.25) is 0 Å². The summed E-state index contributed by atoms with van der Waals surface area (Å²) in [6.07, 6.45) is 1.70. The van der Waals surface area contributed by atoms with Crippen LogP contribution in [0.4, 0.5) is 0 Å². The molecule has 1 aromatic carbocycles. The first kappa shape index (κ1) is 15.5. The fourth-order valence-corrected chi connectivity index (χ4v) is 2.02. The summed E-state index contributed by atoms with van der Waals surface area (Å²) in [5, 5.41) is 8.22. The second-order valence-corrected chi connectivity index (χ2v) is 6.32. The van der Waals surface area contributed by atoms with Gasteiger partial charge in [0.05, 0.1) is 5.69 Å². The van der Waals surface area contributed by atoms with Crippen LogP contribution in [-0.4, -0.2) is 21.2 Å². The molecule has 0 saturated heterocycles. The Labute approximate surface area is 129 Å². The molecule has 3 N–H and O–H groups in total. The number of hydrogen-bond donors (Lipinski definition) is 2. The first-order valence-corrected chi connectivity index (χ1v) is 7.03. The molecule has 0 atom stereocenters. The van der Waals surface area contributed by atoms with Crippen molar-refractivity contribution in [2.75, 3.05) is 0 Å². The minimum atomic E-state index is -0.551. The molecule has 2 rings (SSSR count). The Balaban J connectivity index is 2.36. The van der Waals surface area contributed by atoms with Crippen LogP contribution in [0.2, 0.25) is 5.02 Å². The van der Waals surface area contributed by atoms with E-state index in [4.69, 9.17) is 17.3 Å². The predicted molar refractivity (Wildman–Crippen MR) is 83.7 cm³/mol. The highest BCUT2D eigenvalue weighted by atomic mass is 35.5. The largest absolute Gasteiger partial charge is 0.364 e. The zero-order chi connectivity index (χ0) is 15.6. The fourth-order valence-electron chi connectivity index (χ4n) is 1.85. The van der Waals surface area contributed by atoms with E-state index >= 15 is 0 Å². The molecule has 5 nitrogen and oxygen atoms in total. The number of aromatic nitrogens is 2. The number of carbonyl (C=O) groups is 1. The van der Waals surface area contributed by atoms with E-state index in [1.54, 1.807) is 16.9 Å². The third kappa shape index (κ3) is 4.06. The number of nitrogens with two attached hydrogens (primary N) is 1. The van der Waals surface area contributed by atoms with Crippen LogP contribution in [0.5, 0.6) is 0 Å². The summed E-state index contributed by atoms with van der Waals surface area (Å²) in [5.74, 6) is -0.551. The van der Waals surface area contributed by atoms with E-state index in [0.717, 1.165) is 11.3 Å². The molecule has 1 amide bonds. The van der Waals surface area contributed by atoms with Crippen molar-refractivity contribution in [1.29, 1.82) is 0 Å². The normalized spacial score (nSPS) is 11.6. The van der Waals surface area contributed by atoms with Crippen LogP contribution in [0, 0.1) is 0 Å². The lowest BCUT2D eigenvalue weighted by Gasteiger charge is -2.21. The Bertz CT molecular complexity index is 658. The highest BCUT2D eigenvalue weighted by molar-refractivity contribution is 6.30. The van der Waals surface area contributed by atoms with Gasteiger partial charge in [0, 0.05) is 23.3 Å². The quantitative estimate of drug-likeness (QED) is 0.911. The lowest BCUT2D eigenvalue weighted by atomic mass is 10.1. The molecule has 0 saturated carbocycles. The van der Waals surface area contributed by atoms with Gasteiger partial charge >= 0.3 is 0 Å². The highest BCUT2D eigenvalue weighted by Gasteiger charge is 2.13. The van der Waals surface area contributed by atoms with Gasteiger partial charge in [0.25, 0.3) is 5.91 Å². The average Bonchev–Trinajstić information content (AvgIpc) is 2.85. The summed E-state index contributed by atoms with van der Waals surface area (Å²) in [6, 6.07) is 7.19. The third-order valence-corrected chi connectivity index (χ3v) is 3.18. The monoisotopic (exact) mass is 306 g/mol. The third-order valence-electron chi connectivity index (χ3n) is 2.94. The van der Waals surface area contributed by atoms with Crippen molar-refractivity contribution in [3.63, 3.8) is 0 Å². The van der Waals surface area contributed by atoms with Crippen LogP contribution in [0.15, 0.2) is 30.5 Å². The van der Waals surface area contributed by atoms with E-state index in [2.05, 4.69) is 31.2 Å². The van der Waals surface area contributed by atoms with Crippen molar-refractivity contribution in [3.8, 4) is 5.69 Å². The summed E-state index contributed by atoms with van der Waals surface area (Å²) in [4.78, 5) is 11.2. The smallest absolute Gasteiger partial charge is 0.269 e. The van der Waals surface area contributed by atoms with E-state index < -0.39 is 5.91 Å². The van der Waals surface area contributed by atoms with Gasteiger partial charge in [0.15, 0.2) is 0 Å². The molecule has 0 spiro atoms. The van der Waals surface area contributed by atoms with E-state index in [9.17, 15) is 4.79 Å². The molecular weight excluding hydrogens is 288 g/mol. The van der Waals surface area contributed by atoms with Gasteiger partial charge in [-0.3, -0.25) is 4.79 Å². The Morgan fingerprint density at radius 3 is 2.67 bits per heavy atom. The van der Waals surface area contributed by atoms with Crippen molar-refractivity contribution < 1.29 is 4.79 Å². The molecule has 6 heteroatoms. The van der Waals surface area contributed by atoms with Crippen molar-refractivity contribution in [2.24, 2.45) is 5.73 Å². The summed E-state index contributed by atoms with van der Waals surface area (Å²) in [7, 11) is 0. The Morgan fingerprint density at radius 1 is 1.38 bits per heavy atom. The maximum Gasteiger partial charge on any atom is 0.269 e. The number of primary amides is 1. The van der Waals surface area contributed by atoms with Gasteiger partial charge < -0.3 is 11.1 Å². The molecule has 112 valence electrons. The fraction of sp³-hybridized carbons (Fsp3) is 0.333. The lowest BCUT2D eigenvalue weighted by Crippen LogP contribution is -2.35. The number of nitrogens with zero attached hydrogens (tertiary/aromatic N) is 2. The molecule has 0 bridgehead atoms. The molecule has 0 fully saturated rings. The second kappa shape index (κ2) is 5.87. The minimum absolute atomic E-state index is 0.000588. The maximum atomic E-state index is 11.2. The standard InChI is InChI=1S/C15H19ClN4O/c1-15(2,3)18-9-10-4-5-11(16)8-13(10)20-7-6-12(19-20)14(17)21/h4-8,18H,9H2,1-3H3,(H2,17,21). The van der Waals surface area contributed by atoms with E-state index in [1.165, 1.54) is 0 Å². The van der Waals surface area contributed by atoms with Gasteiger partial charge in [-0.25, -0.2) is 4.68 Å². The van der Waals surface area contributed by atoms with Gasteiger partial charge in [-0.2, -0.15) is 5.10 Å². The molecule has 0 aliphatic heterocycles. The Kier molecular flexibility index (Phi) is 4.34. The first-order valence-electron chi connectivity index (χ1n) is 6.65. The predicted octanol–water partition coefficient (Wildman–Crippen LogP) is 2.51. The molecule has 1 aromatic heterocycles. The number of hydrogen-bond acceptors (Lipinski definition) is 3. The maximum absolute atomic E-state index is 11.2. The van der Waals surface area contributed by atoms with Gasteiger partial charge in [-0.05, 0) is 44.5 Å². The summed E-state index contributed by atoms with van der Waals surface area (Å²) in [5.41, 5.74) is 7.32. The van der Waals surface area contributed by atoms with Crippen molar-refractivity contribution in [1.82, 2.24) is 15.1 Å². The molecule has 21 heavy (non-hydrogen) atoms. The highest BCUT2D eigenvalue weighted by Crippen LogP contribution is 2.20. The zero-order valence-electron chi connectivity index (χ0n) is 12.4. The molecule has 0 aliphatic rings. The van der Waals surface area contributed by atoms with Crippen LogP contribution in [-0.2, 0) is 6.54 Å². The van der Waals surface area contributed by atoms with Crippen molar-refractivity contribution in [3.05, 3.63) is 46.7 Å². The van der Waals surface area contributed by atoms with Crippen LogP contribution < -0.4 is 11.1 Å². The SMILES string of the molecule is CC(C)(C)NCc1ccc(Cl)cc1-n1ccc(C(N)=O)n1. The average molecular weight is 307 g/mol. The van der Waals surface area contributed by atoms with E-state index in [0.29, 0.717) is 11.6 Å². The minimum Gasteiger partial charge on any atom is -0.364 e. The van der Waals surface area contributed by atoms with Gasteiger partial charge in [-0.15, -0.1) is 0 Å². The zero-order valence-corrected chi connectivity index (χ0v) is 13.1. The Morgan fingerprint density at radius 2 is 2.10 bits per heavy atom. The van der Waals surface area contributed by atoms with Crippen LogP contribution in [0.1, 0.15) is 36.8 Å². The first-order chi connectivity index (χ1) is 9.76. The number of halogens is 1. The second-order valence-electron chi connectivity index (χ2n) is 5.89. The number of nitrogens with one attached hydrogen (secondary N) is 1. The Hall–Kier alpha value is -1.85. The lowest BCUT2D eigenvalue weighted by molar-refractivity contribution is 0.0995. The van der Waals surface area contributed by atoms with Crippen LogP contribution in [0.25, 0.3) is 5.69 Å². The van der Waals surface area contributed by atoms with E-state index in [1.807, 2.05) is 18.2 Å². The molecule has 0 unspecified atom stereocenters. The van der Waals surface area contributed by atoms with Gasteiger partial charge in [0.1, 0.15) is 5.69 Å². The number of benzene rings is 1. The number of carbonyl (C=O) groups excluding carboxylic acids is 1. The summed E-state index contributed by atoms with van der Waals surface area (Å²) in [6.45, 7) is 6.97. The summed E-state index contributed by atoms with van der Waals surface area (Å²) < 4.78 is 1.62. The summed E-state index contributed by atoms with van der Waals surface area (Å²) >= 11 is 6.07. The van der Waals surface area contributed by atoms with Crippen molar-refractivity contribution >= 4 is 17.5 Å². The molecule has 2 aromatic rings. The van der Waals surface area contributed by atoms with Crippen LogP contribution >= 0.6 is 11.6 Å². The molecule has 0 radical (unpaired) electrons. The van der Waals surface area contributed by atoms with Crippen molar-refractivity contribution in [2.45, 2.75) is 32.9 Å². The molecule has 1 heterocycles. The molecule has 0 aliphatic carbocycles. The topological polar surface area (TPSA) is 72.9 Å². The van der Waals surface area contributed by atoms with Gasteiger partial charge in [-0.1, -0.05) is 17.7 Å². The number of amides is 1. The molecular formula is C15H19ClN4O.